The molecule has 0 N–H and O–H groups in total. The van der Waals surface area contributed by atoms with Crippen molar-refractivity contribution in [2.24, 2.45) is 5.92 Å². The molecule has 2 rings (SSSR count). The first-order chi connectivity index (χ1) is 7.31. The van der Waals surface area contributed by atoms with Crippen LogP contribution in [0.1, 0.15) is 31.4 Å². The zero-order valence-corrected chi connectivity index (χ0v) is 9.57. The highest BCUT2D eigenvalue weighted by atomic mass is 16.5. The number of aryl methyl sites for hydroxylation is 1. The first-order valence-corrected chi connectivity index (χ1v) is 5.71. The van der Waals surface area contributed by atoms with Crippen LogP contribution in [-0.4, -0.2) is 28.5 Å². The predicted octanol–water partition coefficient (Wildman–Crippen LogP) is 1.44. The maximum atomic E-state index is 5.04. The number of rotatable bonds is 4. The van der Waals surface area contributed by atoms with Crippen LogP contribution < -0.4 is 0 Å². The van der Waals surface area contributed by atoms with Gasteiger partial charge in [-0.2, -0.15) is 0 Å². The second-order valence-corrected chi connectivity index (χ2v) is 4.38. The highest BCUT2D eigenvalue weighted by Crippen LogP contribution is 2.19. The molecule has 1 aliphatic heterocycles. The van der Waals surface area contributed by atoms with E-state index in [1.54, 1.807) is 7.11 Å². The van der Waals surface area contributed by atoms with Gasteiger partial charge in [-0.25, -0.2) is 0 Å². The van der Waals surface area contributed by atoms with Gasteiger partial charge in [-0.05, 0) is 18.8 Å². The first kappa shape index (κ1) is 10.6. The summed E-state index contributed by atoms with van der Waals surface area (Å²) in [6.45, 7) is 4.17. The summed E-state index contributed by atoms with van der Waals surface area (Å²) in [5.74, 6) is 3.06. The van der Waals surface area contributed by atoms with Gasteiger partial charge < -0.3 is 9.30 Å². The summed E-state index contributed by atoms with van der Waals surface area (Å²) in [4.78, 5) is 0. The van der Waals surface area contributed by atoms with E-state index < -0.39 is 0 Å². The second-order valence-electron chi connectivity index (χ2n) is 4.38. The molecule has 0 bridgehead atoms. The van der Waals surface area contributed by atoms with Crippen LogP contribution in [0.15, 0.2) is 0 Å². The fourth-order valence-corrected chi connectivity index (χ4v) is 2.10. The van der Waals surface area contributed by atoms with Crippen LogP contribution in [0.5, 0.6) is 0 Å². The molecule has 1 unspecified atom stereocenters. The topological polar surface area (TPSA) is 39.9 Å². The minimum Gasteiger partial charge on any atom is -0.385 e. The summed E-state index contributed by atoms with van der Waals surface area (Å²) in [5.41, 5.74) is 0. The van der Waals surface area contributed by atoms with Gasteiger partial charge in [0.05, 0.1) is 0 Å². The van der Waals surface area contributed by atoms with Crippen molar-refractivity contribution in [3.63, 3.8) is 0 Å². The number of ether oxygens (including phenoxy) is 1. The minimum atomic E-state index is 0.758. The Hall–Kier alpha value is -0.900. The molecule has 84 valence electrons. The van der Waals surface area contributed by atoms with Gasteiger partial charge in [0.25, 0.3) is 0 Å². The number of fused-ring (bicyclic) bond motifs is 1. The van der Waals surface area contributed by atoms with Gasteiger partial charge in [0.1, 0.15) is 11.6 Å². The average molecular weight is 209 g/mol. The standard InChI is InChI=1S/C11H19N3O/c1-9-5-6-14-10(4-3-7-15-2)12-13-11(14)8-9/h9H,3-8H2,1-2H3. The summed E-state index contributed by atoms with van der Waals surface area (Å²) in [5, 5.41) is 8.52. The van der Waals surface area contributed by atoms with E-state index >= 15 is 0 Å². The number of aromatic nitrogens is 3. The molecular weight excluding hydrogens is 190 g/mol. The van der Waals surface area contributed by atoms with E-state index in [2.05, 4.69) is 21.7 Å². The number of hydrogen-bond acceptors (Lipinski definition) is 3. The molecule has 4 nitrogen and oxygen atoms in total. The van der Waals surface area contributed by atoms with Crippen LogP contribution in [-0.2, 0) is 24.1 Å². The normalized spacial score (nSPS) is 20.3. The van der Waals surface area contributed by atoms with Crippen molar-refractivity contribution < 1.29 is 4.74 Å². The van der Waals surface area contributed by atoms with Gasteiger partial charge in [-0.15, -0.1) is 10.2 Å². The van der Waals surface area contributed by atoms with Crippen LogP contribution >= 0.6 is 0 Å². The fraction of sp³-hybridized carbons (Fsp3) is 0.818. The molecule has 15 heavy (non-hydrogen) atoms. The average Bonchev–Trinajstić information content (AvgIpc) is 2.61. The summed E-state index contributed by atoms with van der Waals surface area (Å²) >= 11 is 0. The van der Waals surface area contributed by atoms with Crippen molar-refractivity contribution in [3.8, 4) is 0 Å². The van der Waals surface area contributed by atoms with Gasteiger partial charge in [-0.3, -0.25) is 0 Å². The smallest absolute Gasteiger partial charge is 0.133 e. The zero-order valence-electron chi connectivity index (χ0n) is 9.57. The van der Waals surface area contributed by atoms with E-state index in [4.69, 9.17) is 4.74 Å². The van der Waals surface area contributed by atoms with E-state index in [9.17, 15) is 0 Å². The van der Waals surface area contributed by atoms with Crippen LogP contribution in [0.2, 0.25) is 0 Å². The second kappa shape index (κ2) is 4.75. The van der Waals surface area contributed by atoms with Crippen LogP contribution in [0.4, 0.5) is 0 Å². The molecule has 0 radical (unpaired) electrons. The quantitative estimate of drug-likeness (QED) is 0.704. The molecule has 0 saturated carbocycles. The van der Waals surface area contributed by atoms with Gasteiger partial charge >= 0.3 is 0 Å². The van der Waals surface area contributed by atoms with E-state index in [1.165, 1.54) is 12.2 Å². The number of methoxy groups -OCH3 is 1. The Morgan fingerprint density at radius 2 is 2.33 bits per heavy atom. The third-order valence-corrected chi connectivity index (χ3v) is 3.03. The molecule has 0 aliphatic carbocycles. The molecule has 1 aliphatic rings. The molecule has 4 heteroatoms. The Labute approximate surface area is 90.7 Å². The zero-order chi connectivity index (χ0) is 10.7. The van der Waals surface area contributed by atoms with Crippen molar-refractivity contribution in [2.45, 2.75) is 39.2 Å². The Balaban J connectivity index is 2.01. The maximum absolute atomic E-state index is 5.04. The largest absolute Gasteiger partial charge is 0.385 e. The highest BCUT2D eigenvalue weighted by molar-refractivity contribution is 5.00. The first-order valence-electron chi connectivity index (χ1n) is 5.71. The molecule has 1 aromatic rings. The van der Waals surface area contributed by atoms with Gasteiger partial charge in [0.15, 0.2) is 0 Å². The lowest BCUT2D eigenvalue weighted by molar-refractivity contribution is 0.194. The lowest BCUT2D eigenvalue weighted by Crippen LogP contribution is -2.19. The van der Waals surface area contributed by atoms with E-state index in [-0.39, 0.29) is 0 Å². The number of hydrogen-bond donors (Lipinski definition) is 0. The van der Waals surface area contributed by atoms with E-state index in [0.717, 1.165) is 44.2 Å². The lowest BCUT2D eigenvalue weighted by atomic mass is 10.0. The molecule has 0 fully saturated rings. The predicted molar refractivity (Wildman–Crippen MR) is 57.7 cm³/mol. The van der Waals surface area contributed by atoms with Gasteiger partial charge in [0.2, 0.25) is 0 Å². The maximum Gasteiger partial charge on any atom is 0.133 e. The molecule has 0 spiro atoms. The molecule has 0 aromatic carbocycles. The van der Waals surface area contributed by atoms with Gasteiger partial charge in [0, 0.05) is 33.1 Å². The monoisotopic (exact) mass is 209 g/mol. The highest BCUT2D eigenvalue weighted by Gasteiger charge is 2.19. The summed E-state index contributed by atoms with van der Waals surface area (Å²) in [6.07, 6.45) is 4.35. The summed E-state index contributed by atoms with van der Waals surface area (Å²) in [7, 11) is 1.74. The Kier molecular flexibility index (Phi) is 3.36. The Bertz CT molecular complexity index is 322. The molecule has 0 amide bonds. The summed E-state index contributed by atoms with van der Waals surface area (Å²) in [6, 6.07) is 0. The van der Waals surface area contributed by atoms with Crippen LogP contribution in [0.3, 0.4) is 0 Å². The lowest BCUT2D eigenvalue weighted by Gasteiger charge is -2.20. The molecule has 1 atom stereocenters. The Morgan fingerprint density at radius 3 is 3.13 bits per heavy atom. The third kappa shape index (κ3) is 2.37. The molecule has 0 saturated heterocycles. The number of nitrogens with zero attached hydrogens (tertiary/aromatic N) is 3. The van der Waals surface area contributed by atoms with Crippen molar-refractivity contribution in [3.05, 3.63) is 11.6 Å². The van der Waals surface area contributed by atoms with E-state index in [1.807, 2.05) is 0 Å². The third-order valence-electron chi connectivity index (χ3n) is 3.03. The Morgan fingerprint density at radius 1 is 1.47 bits per heavy atom. The van der Waals surface area contributed by atoms with Crippen LogP contribution in [0, 0.1) is 5.92 Å². The van der Waals surface area contributed by atoms with Gasteiger partial charge in [-0.1, -0.05) is 6.92 Å². The van der Waals surface area contributed by atoms with Crippen molar-refractivity contribution in [1.82, 2.24) is 14.8 Å². The SMILES string of the molecule is COCCCc1nnc2n1CCC(C)C2. The molecule has 2 heterocycles. The minimum absolute atomic E-state index is 0.758. The molecule has 1 aromatic heterocycles. The fourth-order valence-electron chi connectivity index (χ4n) is 2.10. The van der Waals surface area contributed by atoms with Crippen molar-refractivity contribution >= 4 is 0 Å². The van der Waals surface area contributed by atoms with Crippen molar-refractivity contribution in [2.75, 3.05) is 13.7 Å². The van der Waals surface area contributed by atoms with Crippen molar-refractivity contribution in [1.29, 1.82) is 0 Å². The summed E-state index contributed by atoms with van der Waals surface area (Å²) < 4.78 is 7.33. The van der Waals surface area contributed by atoms with E-state index in [0.29, 0.717) is 0 Å². The molecular formula is C11H19N3O. The van der Waals surface area contributed by atoms with Crippen LogP contribution in [0.25, 0.3) is 0 Å².